The molecule has 0 spiro atoms. The summed E-state index contributed by atoms with van der Waals surface area (Å²) in [6.45, 7) is 3.37. The Labute approximate surface area is 142 Å². The Balaban J connectivity index is 3.02. The summed E-state index contributed by atoms with van der Waals surface area (Å²) < 4.78 is 21.3. The molecule has 140 valence electrons. The van der Waals surface area contributed by atoms with Crippen LogP contribution in [0.4, 0.5) is 0 Å². The molecule has 8 heteroatoms. The van der Waals surface area contributed by atoms with Gasteiger partial charge < -0.3 is 29.2 Å². The van der Waals surface area contributed by atoms with Crippen molar-refractivity contribution in [2.45, 2.75) is 63.9 Å². The molecule has 0 aromatic carbocycles. The van der Waals surface area contributed by atoms with E-state index in [-0.39, 0.29) is 52.1 Å². The maximum absolute atomic E-state index is 12.1. The van der Waals surface area contributed by atoms with Crippen LogP contribution in [0.3, 0.4) is 0 Å². The van der Waals surface area contributed by atoms with Gasteiger partial charge in [0.05, 0.1) is 26.4 Å². The minimum absolute atomic E-state index is 0.0805. The molecule has 0 unspecified atom stereocenters. The second kappa shape index (κ2) is 9.93. The van der Waals surface area contributed by atoms with Crippen molar-refractivity contribution in [2.75, 3.05) is 26.4 Å². The summed E-state index contributed by atoms with van der Waals surface area (Å²) in [7, 11) is 0. The molecule has 0 aliphatic carbocycles. The number of rotatable bonds is 9. The van der Waals surface area contributed by atoms with Crippen molar-refractivity contribution in [3.63, 3.8) is 0 Å². The fraction of sp³-hybridized carbons (Fsp3) is 0.875. The number of hydrogen-bond acceptors (Lipinski definition) is 8. The molecule has 0 saturated carbocycles. The van der Waals surface area contributed by atoms with E-state index >= 15 is 0 Å². The van der Waals surface area contributed by atoms with E-state index in [1.807, 2.05) is 0 Å². The van der Waals surface area contributed by atoms with Crippen LogP contribution in [0, 0.1) is 0 Å². The number of carbonyl (C=O) groups is 2. The topological polar surface area (TPSA) is 112 Å². The van der Waals surface area contributed by atoms with Crippen molar-refractivity contribution in [1.82, 2.24) is 0 Å². The van der Waals surface area contributed by atoms with Crippen LogP contribution in [0.25, 0.3) is 0 Å². The SMILES string of the molecule is CCC(O)(CC)C1(OCCOCCO)OC(=O)CCCCC(=O)O1. The Hall–Kier alpha value is -1.22. The van der Waals surface area contributed by atoms with Gasteiger partial charge in [-0.25, -0.2) is 0 Å². The summed E-state index contributed by atoms with van der Waals surface area (Å²) >= 11 is 0. The molecule has 1 aliphatic heterocycles. The first-order valence-electron chi connectivity index (χ1n) is 8.41. The largest absolute Gasteiger partial charge is 0.406 e. The second-order valence-corrected chi connectivity index (χ2v) is 5.63. The molecular weight excluding hydrogens is 320 g/mol. The van der Waals surface area contributed by atoms with Gasteiger partial charge in [0.15, 0.2) is 5.60 Å². The molecule has 1 rings (SSSR count). The van der Waals surface area contributed by atoms with Crippen LogP contribution in [-0.2, 0) is 28.5 Å². The molecular formula is C16H28O8. The fourth-order valence-electron chi connectivity index (χ4n) is 2.43. The highest BCUT2D eigenvalue weighted by molar-refractivity contribution is 5.73. The first-order chi connectivity index (χ1) is 11.4. The summed E-state index contributed by atoms with van der Waals surface area (Å²) in [5.41, 5.74) is -1.68. The monoisotopic (exact) mass is 348 g/mol. The van der Waals surface area contributed by atoms with E-state index < -0.39 is 23.5 Å². The molecule has 0 aromatic heterocycles. The number of cyclic esters (lactones) is 2. The Bertz CT molecular complexity index is 385. The summed E-state index contributed by atoms with van der Waals surface area (Å²) in [4.78, 5) is 24.1. The predicted molar refractivity (Wildman–Crippen MR) is 82.8 cm³/mol. The lowest BCUT2D eigenvalue weighted by atomic mass is 9.94. The molecule has 2 N–H and O–H groups in total. The molecule has 0 amide bonds. The molecule has 24 heavy (non-hydrogen) atoms. The van der Waals surface area contributed by atoms with Crippen LogP contribution in [-0.4, -0.2) is 60.2 Å². The maximum atomic E-state index is 12.1. The van der Waals surface area contributed by atoms with Gasteiger partial charge in [-0.1, -0.05) is 13.8 Å². The first kappa shape index (κ1) is 20.8. The molecule has 0 atom stereocenters. The number of esters is 2. The van der Waals surface area contributed by atoms with Crippen molar-refractivity contribution >= 4 is 11.9 Å². The van der Waals surface area contributed by atoms with Gasteiger partial charge in [0.25, 0.3) is 0 Å². The number of aliphatic hydroxyl groups is 2. The van der Waals surface area contributed by atoms with E-state index in [1.165, 1.54) is 0 Å². The van der Waals surface area contributed by atoms with Gasteiger partial charge in [0.2, 0.25) is 0 Å². The van der Waals surface area contributed by atoms with E-state index in [9.17, 15) is 14.7 Å². The number of aliphatic hydroxyl groups excluding tert-OH is 1. The molecule has 0 bridgehead atoms. The average molecular weight is 348 g/mol. The van der Waals surface area contributed by atoms with Gasteiger partial charge in [-0.3, -0.25) is 9.59 Å². The lowest BCUT2D eigenvalue weighted by Gasteiger charge is -2.42. The highest BCUT2D eigenvalue weighted by atomic mass is 16.9. The van der Waals surface area contributed by atoms with Crippen molar-refractivity contribution in [3.05, 3.63) is 0 Å². The Kier molecular flexibility index (Phi) is 8.61. The van der Waals surface area contributed by atoms with Crippen molar-refractivity contribution in [2.24, 2.45) is 0 Å². The Morgan fingerprint density at radius 2 is 1.58 bits per heavy atom. The zero-order valence-corrected chi connectivity index (χ0v) is 14.4. The van der Waals surface area contributed by atoms with Gasteiger partial charge in [-0.2, -0.15) is 0 Å². The second-order valence-electron chi connectivity index (χ2n) is 5.63. The van der Waals surface area contributed by atoms with Gasteiger partial charge in [-0.15, -0.1) is 0 Å². The summed E-state index contributed by atoms with van der Waals surface area (Å²) in [5.74, 6) is -3.39. The van der Waals surface area contributed by atoms with Gasteiger partial charge in [0, 0.05) is 12.8 Å². The average Bonchev–Trinajstić information content (AvgIpc) is 2.63. The molecule has 1 aliphatic rings. The molecule has 0 aromatic rings. The molecule has 8 nitrogen and oxygen atoms in total. The predicted octanol–water partition coefficient (Wildman–Crippen LogP) is 0.877. The van der Waals surface area contributed by atoms with E-state index in [0.29, 0.717) is 12.8 Å². The van der Waals surface area contributed by atoms with Crippen molar-refractivity contribution < 1.29 is 38.7 Å². The van der Waals surface area contributed by atoms with E-state index in [4.69, 9.17) is 24.1 Å². The first-order valence-corrected chi connectivity index (χ1v) is 8.41. The standard InChI is InChI=1S/C16H28O8/c1-3-15(20,4-2)16(22-12-11-21-10-9-17)23-13(18)7-5-6-8-14(19)24-16/h17,20H,3-12H2,1-2H3. The van der Waals surface area contributed by atoms with Crippen molar-refractivity contribution in [1.29, 1.82) is 0 Å². The molecule has 1 fully saturated rings. The van der Waals surface area contributed by atoms with Crippen molar-refractivity contribution in [3.8, 4) is 0 Å². The lowest BCUT2D eigenvalue weighted by molar-refractivity contribution is -0.411. The normalized spacial score (nSPS) is 19.0. The molecule has 0 radical (unpaired) electrons. The van der Waals surface area contributed by atoms with Crippen LogP contribution in [0.1, 0.15) is 52.4 Å². The molecule has 1 saturated heterocycles. The van der Waals surface area contributed by atoms with E-state index in [1.54, 1.807) is 13.8 Å². The third kappa shape index (κ3) is 5.41. The number of carbonyl (C=O) groups excluding carboxylic acids is 2. The van der Waals surface area contributed by atoms with E-state index in [0.717, 1.165) is 0 Å². The summed E-state index contributed by atoms with van der Waals surface area (Å²) in [6.07, 6.45) is 1.54. The highest BCUT2D eigenvalue weighted by Crippen LogP contribution is 2.37. The Morgan fingerprint density at radius 3 is 2.04 bits per heavy atom. The Morgan fingerprint density at radius 1 is 1.04 bits per heavy atom. The maximum Gasteiger partial charge on any atom is 0.406 e. The van der Waals surface area contributed by atoms with Crippen LogP contribution in [0.2, 0.25) is 0 Å². The third-order valence-corrected chi connectivity index (χ3v) is 4.00. The number of ether oxygens (including phenoxy) is 4. The highest BCUT2D eigenvalue weighted by Gasteiger charge is 2.57. The van der Waals surface area contributed by atoms with Crippen LogP contribution in [0.5, 0.6) is 0 Å². The van der Waals surface area contributed by atoms with Crippen LogP contribution in [0.15, 0.2) is 0 Å². The van der Waals surface area contributed by atoms with Crippen LogP contribution < -0.4 is 0 Å². The van der Waals surface area contributed by atoms with E-state index in [2.05, 4.69) is 0 Å². The zero-order chi connectivity index (χ0) is 18.1. The smallest absolute Gasteiger partial charge is 0.396 e. The summed E-state index contributed by atoms with van der Waals surface area (Å²) in [6, 6.07) is 0. The third-order valence-electron chi connectivity index (χ3n) is 4.00. The van der Waals surface area contributed by atoms with Crippen LogP contribution >= 0.6 is 0 Å². The quantitative estimate of drug-likeness (QED) is 0.466. The summed E-state index contributed by atoms with van der Waals surface area (Å²) in [5, 5.41) is 19.6. The van der Waals surface area contributed by atoms with Gasteiger partial charge in [0.1, 0.15) is 0 Å². The van der Waals surface area contributed by atoms with Gasteiger partial charge >= 0.3 is 17.9 Å². The lowest BCUT2D eigenvalue weighted by Crippen LogP contribution is -2.61. The van der Waals surface area contributed by atoms with Gasteiger partial charge in [-0.05, 0) is 25.7 Å². The fourth-order valence-corrected chi connectivity index (χ4v) is 2.43. The molecule has 1 heterocycles. The number of hydrogen-bond donors (Lipinski definition) is 2. The zero-order valence-electron chi connectivity index (χ0n) is 14.4. The minimum Gasteiger partial charge on any atom is -0.396 e. The minimum atomic E-state index is -2.20.